The number of benzene rings is 1. The van der Waals surface area contributed by atoms with Gasteiger partial charge in [0.15, 0.2) is 0 Å². The fourth-order valence-electron chi connectivity index (χ4n) is 1.97. The molecule has 0 saturated heterocycles. The van der Waals surface area contributed by atoms with Gasteiger partial charge in [0, 0.05) is 25.0 Å². The van der Waals surface area contributed by atoms with Gasteiger partial charge in [-0.25, -0.2) is 4.68 Å². The van der Waals surface area contributed by atoms with E-state index < -0.39 is 0 Å². The standard InChI is InChI=1S/C15H18N2O/c1-3-15(18)12(2)11-13-9-10-17(16-13)14-7-5-4-6-8-14/h4-10,12H,3,11H2,1-2H3. The Kier molecular flexibility index (Phi) is 3.92. The number of nitrogens with zero attached hydrogens (tertiary/aromatic N) is 2. The third-order valence-electron chi connectivity index (χ3n) is 3.08. The van der Waals surface area contributed by atoms with Crippen molar-refractivity contribution in [3.8, 4) is 5.69 Å². The van der Waals surface area contributed by atoms with Crippen molar-refractivity contribution in [3.63, 3.8) is 0 Å². The summed E-state index contributed by atoms with van der Waals surface area (Å²) in [6.07, 6.45) is 3.25. The molecule has 2 aromatic rings. The molecule has 0 aliphatic heterocycles. The van der Waals surface area contributed by atoms with Crippen LogP contribution in [0.4, 0.5) is 0 Å². The summed E-state index contributed by atoms with van der Waals surface area (Å²) in [6.45, 7) is 3.87. The Morgan fingerprint density at radius 3 is 2.67 bits per heavy atom. The van der Waals surface area contributed by atoms with E-state index in [9.17, 15) is 4.79 Å². The quantitative estimate of drug-likeness (QED) is 0.807. The minimum absolute atomic E-state index is 0.0501. The molecule has 18 heavy (non-hydrogen) atoms. The molecule has 1 aromatic heterocycles. The lowest BCUT2D eigenvalue weighted by molar-refractivity contribution is -0.122. The van der Waals surface area contributed by atoms with Gasteiger partial charge in [0.2, 0.25) is 0 Å². The lowest BCUT2D eigenvalue weighted by atomic mass is 9.99. The fourth-order valence-corrected chi connectivity index (χ4v) is 1.97. The molecule has 0 N–H and O–H groups in total. The number of para-hydroxylation sites is 1. The van der Waals surface area contributed by atoms with E-state index in [-0.39, 0.29) is 5.92 Å². The first-order valence-corrected chi connectivity index (χ1v) is 6.33. The summed E-state index contributed by atoms with van der Waals surface area (Å²) in [5.41, 5.74) is 2.01. The number of carbonyl (C=O) groups excluding carboxylic acids is 1. The SMILES string of the molecule is CCC(=O)C(C)Cc1ccn(-c2ccccc2)n1. The maximum Gasteiger partial charge on any atom is 0.135 e. The van der Waals surface area contributed by atoms with E-state index in [1.165, 1.54) is 0 Å². The second-order valence-electron chi connectivity index (χ2n) is 4.51. The van der Waals surface area contributed by atoms with Crippen LogP contribution in [0.1, 0.15) is 26.0 Å². The first-order valence-electron chi connectivity index (χ1n) is 6.33. The highest BCUT2D eigenvalue weighted by atomic mass is 16.1. The van der Waals surface area contributed by atoms with Crippen molar-refractivity contribution in [2.75, 3.05) is 0 Å². The first-order chi connectivity index (χ1) is 8.70. The zero-order chi connectivity index (χ0) is 13.0. The predicted octanol–water partition coefficient (Wildman–Crippen LogP) is 3.03. The van der Waals surface area contributed by atoms with Crippen LogP contribution in [-0.2, 0) is 11.2 Å². The first kappa shape index (κ1) is 12.6. The molecule has 94 valence electrons. The number of Topliss-reactive ketones (excluding diaryl/α,β-unsaturated/α-hetero) is 1. The zero-order valence-electron chi connectivity index (χ0n) is 10.8. The van der Waals surface area contributed by atoms with Gasteiger partial charge in [-0.05, 0) is 18.2 Å². The third-order valence-corrected chi connectivity index (χ3v) is 3.08. The molecular formula is C15H18N2O. The highest BCUT2D eigenvalue weighted by molar-refractivity contribution is 5.80. The molecule has 1 atom stereocenters. The fraction of sp³-hybridized carbons (Fsp3) is 0.333. The van der Waals surface area contributed by atoms with Crippen LogP contribution in [0.2, 0.25) is 0 Å². The van der Waals surface area contributed by atoms with Crippen LogP contribution in [-0.4, -0.2) is 15.6 Å². The van der Waals surface area contributed by atoms with Gasteiger partial charge in [-0.3, -0.25) is 4.79 Å². The Morgan fingerprint density at radius 1 is 1.28 bits per heavy atom. The monoisotopic (exact) mass is 242 g/mol. The van der Waals surface area contributed by atoms with E-state index in [1.807, 2.05) is 61.1 Å². The number of rotatable bonds is 5. The average molecular weight is 242 g/mol. The van der Waals surface area contributed by atoms with Gasteiger partial charge in [-0.2, -0.15) is 5.10 Å². The third kappa shape index (κ3) is 2.86. The largest absolute Gasteiger partial charge is 0.299 e. The number of hydrogen-bond acceptors (Lipinski definition) is 2. The molecule has 3 heteroatoms. The van der Waals surface area contributed by atoms with Crippen LogP contribution in [0, 0.1) is 5.92 Å². The van der Waals surface area contributed by atoms with Crippen molar-refractivity contribution in [2.24, 2.45) is 5.92 Å². The van der Waals surface area contributed by atoms with Crippen LogP contribution in [0.15, 0.2) is 42.6 Å². The second kappa shape index (κ2) is 5.63. The van der Waals surface area contributed by atoms with E-state index in [0.717, 1.165) is 11.4 Å². The maximum absolute atomic E-state index is 11.6. The average Bonchev–Trinajstić information content (AvgIpc) is 2.87. The van der Waals surface area contributed by atoms with E-state index in [1.54, 1.807) is 0 Å². The molecule has 0 aliphatic carbocycles. The van der Waals surface area contributed by atoms with E-state index in [4.69, 9.17) is 0 Å². The molecule has 0 saturated carbocycles. The minimum Gasteiger partial charge on any atom is -0.299 e. The van der Waals surface area contributed by atoms with E-state index in [0.29, 0.717) is 18.6 Å². The van der Waals surface area contributed by atoms with Gasteiger partial charge in [-0.1, -0.05) is 32.0 Å². The molecule has 1 heterocycles. The lowest BCUT2D eigenvalue weighted by Gasteiger charge is -2.06. The smallest absolute Gasteiger partial charge is 0.135 e. The summed E-state index contributed by atoms with van der Waals surface area (Å²) in [7, 11) is 0. The molecule has 0 spiro atoms. The lowest BCUT2D eigenvalue weighted by Crippen LogP contribution is -2.12. The zero-order valence-corrected chi connectivity index (χ0v) is 10.8. The molecule has 0 amide bonds. The number of hydrogen-bond donors (Lipinski definition) is 0. The van der Waals surface area contributed by atoms with Gasteiger partial charge in [0.1, 0.15) is 5.78 Å². The number of ketones is 1. The summed E-state index contributed by atoms with van der Waals surface area (Å²) in [4.78, 5) is 11.6. The van der Waals surface area contributed by atoms with Crippen LogP contribution in [0.3, 0.4) is 0 Å². The Labute approximate surface area is 107 Å². The van der Waals surface area contributed by atoms with Gasteiger partial charge in [0.05, 0.1) is 11.4 Å². The van der Waals surface area contributed by atoms with Gasteiger partial charge < -0.3 is 0 Å². The summed E-state index contributed by atoms with van der Waals surface area (Å²) in [6, 6.07) is 12.0. The highest BCUT2D eigenvalue weighted by Crippen LogP contribution is 2.11. The summed E-state index contributed by atoms with van der Waals surface area (Å²) < 4.78 is 1.85. The van der Waals surface area contributed by atoms with Crippen LogP contribution < -0.4 is 0 Å². The molecule has 0 aliphatic rings. The van der Waals surface area contributed by atoms with Gasteiger partial charge in [0.25, 0.3) is 0 Å². The molecule has 0 bridgehead atoms. The maximum atomic E-state index is 11.6. The highest BCUT2D eigenvalue weighted by Gasteiger charge is 2.13. The van der Waals surface area contributed by atoms with Crippen molar-refractivity contribution in [1.29, 1.82) is 0 Å². The number of carbonyl (C=O) groups is 1. The molecule has 3 nitrogen and oxygen atoms in total. The van der Waals surface area contributed by atoms with Crippen molar-refractivity contribution in [3.05, 3.63) is 48.3 Å². The minimum atomic E-state index is 0.0501. The Morgan fingerprint density at radius 2 is 2.00 bits per heavy atom. The summed E-state index contributed by atoms with van der Waals surface area (Å²) in [5.74, 6) is 0.346. The Balaban J connectivity index is 2.09. The Bertz CT molecular complexity index is 516. The number of aromatic nitrogens is 2. The normalized spacial score (nSPS) is 12.3. The van der Waals surface area contributed by atoms with Crippen molar-refractivity contribution in [1.82, 2.24) is 9.78 Å². The molecule has 0 radical (unpaired) electrons. The van der Waals surface area contributed by atoms with Gasteiger partial charge in [-0.15, -0.1) is 0 Å². The van der Waals surface area contributed by atoms with Gasteiger partial charge >= 0.3 is 0 Å². The summed E-state index contributed by atoms with van der Waals surface area (Å²) in [5, 5.41) is 4.50. The Hall–Kier alpha value is -1.90. The van der Waals surface area contributed by atoms with Crippen LogP contribution in [0.5, 0.6) is 0 Å². The van der Waals surface area contributed by atoms with Crippen LogP contribution >= 0.6 is 0 Å². The van der Waals surface area contributed by atoms with Crippen molar-refractivity contribution < 1.29 is 4.79 Å². The molecule has 1 aromatic carbocycles. The van der Waals surface area contributed by atoms with E-state index >= 15 is 0 Å². The van der Waals surface area contributed by atoms with Crippen LogP contribution in [0.25, 0.3) is 5.69 Å². The second-order valence-corrected chi connectivity index (χ2v) is 4.51. The summed E-state index contributed by atoms with van der Waals surface area (Å²) >= 11 is 0. The topological polar surface area (TPSA) is 34.9 Å². The van der Waals surface area contributed by atoms with Crippen molar-refractivity contribution in [2.45, 2.75) is 26.7 Å². The van der Waals surface area contributed by atoms with Crippen molar-refractivity contribution >= 4 is 5.78 Å². The molecule has 1 unspecified atom stereocenters. The molecule has 0 fully saturated rings. The molecular weight excluding hydrogens is 224 g/mol. The predicted molar refractivity (Wildman–Crippen MR) is 71.7 cm³/mol. The molecule has 2 rings (SSSR count). The van der Waals surface area contributed by atoms with E-state index in [2.05, 4.69) is 5.10 Å².